The second-order valence-corrected chi connectivity index (χ2v) is 12.6. The Balaban J connectivity index is 1.25. The van der Waals surface area contributed by atoms with Crippen LogP contribution < -0.4 is 14.2 Å². The number of H-pyrrole nitrogens is 2. The molecule has 0 atom stereocenters. The highest BCUT2D eigenvalue weighted by molar-refractivity contribution is 6.32. The van der Waals surface area contributed by atoms with Crippen LogP contribution in [-0.2, 0) is 0 Å². The smallest absolute Gasteiger partial charge is 0.162 e. The fraction of sp³-hybridized carbons (Fsp3) is 0.0667. The highest BCUT2D eigenvalue weighted by Crippen LogP contribution is 2.42. The molecule has 7 nitrogen and oxygen atoms in total. The fourth-order valence-corrected chi connectivity index (χ4v) is 7.18. The third kappa shape index (κ3) is 5.22. The van der Waals surface area contributed by atoms with Gasteiger partial charge in [-0.3, -0.25) is 0 Å². The number of hydrogen-bond donors (Lipinski definition) is 2. The van der Waals surface area contributed by atoms with Crippen molar-refractivity contribution in [3.8, 4) is 51.0 Å². The average molecular weight is 679 g/mol. The van der Waals surface area contributed by atoms with E-state index in [1.807, 2.05) is 42.5 Å². The molecule has 0 aliphatic carbocycles. The first-order valence-corrected chi connectivity index (χ1v) is 17.1. The molecular weight excluding hydrogens is 645 g/mol. The van der Waals surface area contributed by atoms with Gasteiger partial charge in [0.2, 0.25) is 0 Å². The van der Waals surface area contributed by atoms with Crippen LogP contribution in [0, 0.1) is 0 Å². The van der Waals surface area contributed by atoms with Gasteiger partial charge in [-0.05, 0) is 83.9 Å². The van der Waals surface area contributed by atoms with Crippen molar-refractivity contribution in [2.45, 2.75) is 0 Å². The Kier molecular flexibility index (Phi) is 7.66. The Labute approximate surface area is 300 Å². The van der Waals surface area contributed by atoms with Crippen molar-refractivity contribution in [1.82, 2.24) is 9.97 Å². The van der Waals surface area contributed by atoms with Gasteiger partial charge in [-0.1, -0.05) is 66.7 Å². The zero-order valence-corrected chi connectivity index (χ0v) is 28.9. The number of aromatic amines is 2. The minimum absolute atomic E-state index is 0.641. The molecule has 2 N–H and O–H groups in total. The molecule has 2 aromatic heterocycles. The molecule has 0 unspecified atom stereocenters. The molecule has 0 saturated carbocycles. The van der Waals surface area contributed by atoms with Crippen LogP contribution in [0.1, 0.15) is 16.7 Å². The van der Waals surface area contributed by atoms with Crippen LogP contribution in [0.25, 0.3) is 55.3 Å². The van der Waals surface area contributed by atoms with E-state index >= 15 is 0 Å². The number of aliphatic imine (C=N–C) groups is 2. The minimum Gasteiger partial charge on any atom is -0.497 e. The molecule has 0 amide bonds. The standard InChI is InChI=1S/C45H34N4O3/c1-50-30-21-15-27(16-22-30)40-33-9-4-5-10-34(33)43(46-40)37-13-8-14-38-39(37)42(29-19-25-32(52-3)26-20-29)48-45(38)49-44-36-12-7-6-11-35(36)41(47-44)28-17-23-31(51-2)24-18-28/h4-26,46-47H,1-3H3. The normalized spacial score (nSPS) is 13.1. The summed E-state index contributed by atoms with van der Waals surface area (Å²) < 4.78 is 16.4. The van der Waals surface area contributed by atoms with E-state index < -0.39 is 0 Å². The van der Waals surface area contributed by atoms with E-state index in [1.54, 1.807) is 21.3 Å². The van der Waals surface area contributed by atoms with Gasteiger partial charge in [-0.2, -0.15) is 0 Å². The summed E-state index contributed by atoms with van der Waals surface area (Å²) >= 11 is 0. The third-order valence-electron chi connectivity index (χ3n) is 9.78. The van der Waals surface area contributed by atoms with Gasteiger partial charge < -0.3 is 24.2 Å². The molecule has 6 aromatic carbocycles. The molecule has 7 heteroatoms. The van der Waals surface area contributed by atoms with E-state index in [0.29, 0.717) is 5.84 Å². The van der Waals surface area contributed by atoms with E-state index in [-0.39, 0.29) is 0 Å². The van der Waals surface area contributed by atoms with Gasteiger partial charge in [0.25, 0.3) is 0 Å². The van der Waals surface area contributed by atoms with Crippen molar-refractivity contribution in [2.75, 3.05) is 21.3 Å². The quantitative estimate of drug-likeness (QED) is 0.168. The topological polar surface area (TPSA) is 84.0 Å². The van der Waals surface area contributed by atoms with E-state index in [1.165, 1.54) is 0 Å². The second-order valence-electron chi connectivity index (χ2n) is 12.6. The lowest BCUT2D eigenvalue weighted by Gasteiger charge is -2.11. The maximum atomic E-state index is 5.51. The lowest BCUT2D eigenvalue weighted by molar-refractivity contribution is 0.414. The van der Waals surface area contributed by atoms with E-state index in [4.69, 9.17) is 24.2 Å². The Morgan fingerprint density at radius 1 is 0.442 bits per heavy atom. The fourth-order valence-electron chi connectivity index (χ4n) is 7.18. The van der Waals surface area contributed by atoms with Crippen LogP contribution in [0.5, 0.6) is 17.2 Å². The summed E-state index contributed by atoms with van der Waals surface area (Å²) in [5.41, 5.74) is 10.0. The van der Waals surface area contributed by atoms with Crippen LogP contribution in [0.4, 0.5) is 5.82 Å². The van der Waals surface area contributed by atoms with Crippen LogP contribution in [0.2, 0.25) is 0 Å². The molecule has 0 saturated heterocycles. The van der Waals surface area contributed by atoms with Crippen molar-refractivity contribution in [3.05, 3.63) is 156 Å². The molecule has 0 bridgehead atoms. The van der Waals surface area contributed by atoms with Crippen molar-refractivity contribution >= 4 is 38.9 Å². The Hall–Kier alpha value is -6.86. The Bertz CT molecular complexity index is 2660. The van der Waals surface area contributed by atoms with Crippen LogP contribution in [0.15, 0.2) is 150 Å². The summed E-state index contributed by atoms with van der Waals surface area (Å²) in [5, 5.41) is 4.37. The van der Waals surface area contributed by atoms with Gasteiger partial charge >= 0.3 is 0 Å². The number of aromatic nitrogens is 2. The Morgan fingerprint density at radius 3 is 1.46 bits per heavy atom. The lowest BCUT2D eigenvalue weighted by Crippen LogP contribution is -2.04. The molecule has 8 aromatic rings. The molecule has 1 aliphatic heterocycles. The zero-order chi connectivity index (χ0) is 35.2. The van der Waals surface area contributed by atoms with Gasteiger partial charge in [-0.15, -0.1) is 0 Å². The second kappa shape index (κ2) is 12.8. The predicted octanol–water partition coefficient (Wildman–Crippen LogP) is 10.6. The van der Waals surface area contributed by atoms with Crippen LogP contribution >= 0.6 is 0 Å². The highest BCUT2D eigenvalue weighted by atomic mass is 16.5. The molecule has 0 radical (unpaired) electrons. The van der Waals surface area contributed by atoms with Gasteiger partial charge in [0.15, 0.2) is 5.84 Å². The van der Waals surface area contributed by atoms with Crippen molar-refractivity contribution < 1.29 is 14.2 Å². The first kappa shape index (κ1) is 31.1. The number of nitrogens with zero attached hydrogens (tertiary/aromatic N) is 2. The summed E-state index contributed by atoms with van der Waals surface area (Å²) in [4.78, 5) is 18.1. The van der Waals surface area contributed by atoms with E-state index in [9.17, 15) is 0 Å². The largest absolute Gasteiger partial charge is 0.497 e. The molecule has 52 heavy (non-hydrogen) atoms. The maximum Gasteiger partial charge on any atom is 0.162 e. The van der Waals surface area contributed by atoms with Crippen LogP contribution in [0.3, 0.4) is 0 Å². The predicted molar refractivity (Wildman–Crippen MR) is 211 cm³/mol. The van der Waals surface area contributed by atoms with Gasteiger partial charge in [0, 0.05) is 43.8 Å². The number of ether oxygens (including phenoxy) is 3. The summed E-state index contributed by atoms with van der Waals surface area (Å²) in [6.45, 7) is 0. The highest BCUT2D eigenvalue weighted by Gasteiger charge is 2.29. The molecule has 1 aliphatic rings. The number of nitrogens with one attached hydrogen (secondary N) is 2. The zero-order valence-electron chi connectivity index (χ0n) is 28.9. The number of amidine groups is 1. The van der Waals surface area contributed by atoms with Gasteiger partial charge in [-0.25, -0.2) is 9.98 Å². The maximum absolute atomic E-state index is 5.51. The monoisotopic (exact) mass is 678 g/mol. The minimum atomic E-state index is 0.641. The van der Waals surface area contributed by atoms with Gasteiger partial charge in [0.1, 0.15) is 23.1 Å². The number of methoxy groups -OCH3 is 3. The molecular formula is C45H34N4O3. The van der Waals surface area contributed by atoms with Crippen molar-refractivity contribution in [2.24, 2.45) is 9.98 Å². The number of fused-ring (bicyclic) bond motifs is 3. The first-order chi connectivity index (χ1) is 25.6. The molecule has 0 spiro atoms. The number of hydrogen-bond acceptors (Lipinski definition) is 4. The molecule has 252 valence electrons. The van der Waals surface area contributed by atoms with E-state index in [0.717, 1.165) is 101 Å². The SMILES string of the molecule is COc1ccc(C2=NC(=Nc3[nH]c(-c4ccc(OC)cc4)c4ccccc34)c3cccc(-c4[nH]c(-c5ccc(OC)cc5)c5ccccc45)c32)cc1. The number of rotatable bonds is 8. The number of benzene rings is 6. The van der Waals surface area contributed by atoms with Crippen molar-refractivity contribution in [3.63, 3.8) is 0 Å². The molecule has 0 fully saturated rings. The first-order valence-electron chi connectivity index (χ1n) is 17.1. The van der Waals surface area contributed by atoms with E-state index in [2.05, 4.69) is 107 Å². The average Bonchev–Trinajstić information content (AvgIpc) is 3.90. The summed E-state index contributed by atoms with van der Waals surface area (Å²) in [5.74, 6) is 3.80. The van der Waals surface area contributed by atoms with Crippen molar-refractivity contribution in [1.29, 1.82) is 0 Å². The Morgan fingerprint density at radius 2 is 0.904 bits per heavy atom. The van der Waals surface area contributed by atoms with Gasteiger partial charge in [0.05, 0.1) is 44.1 Å². The molecule has 9 rings (SSSR count). The van der Waals surface area contributed by atoms with Crippen LogP contribution in [-0.4, -0.2) is 42.8 Å². The summed E-state index contributed by atoms with van der Waals surface area (Å²) in [6, 6.07) is 47.5. The molecule has 3 heterocycles. The third-order valence-corrected chi connectivity index (χ3v) is 9.78. The lowest BCUT2D eigenvalue weighted by atomic mass is 9.92. The summed E-state index contributed by atoms with van der Waals surface area (Å²) in [7, 11) is 5.04. The summed E-state index contributed by atoms with van der Waals surface area (Å²) in [6.07, 6.45) is 0.